The molecule has 1 atom stereocenters. The zero-order valence-corrected chi connectivity index (χ0v) is 14.8. The summed E-state index contributed by atoms with van der Waals surface area (Å²) in [4.78, 5) is 4.56. The van der Waals surface area contributed by atoms with Crippen molar-refractivity contribution in [2.45, 2.75) is 26.2 Å². The van der Waals surface area contributed by atoms with Gasteiger partial charge in [-0.25, -0.2) is 0 Å². The Kier molecular flexibility index (Phi) is 11.1. The van der Waals surface area contributed by atoms with Crippen LogP contribution in [0, 0.1) is 0 Å². The largest absolute Gasteiger partial charge is 0.357 e. The van der Waals surface area contributed by atoms with Crippen molar-refractivity contribution in [3.63, 3.8) is 0 Å². The molecule has 1 rings (SSSR count). The first-order chi connectivity index (χ1) is 9.27. The lowest BCUT2D eigenvalue weighted by atomic mass is 9.98. The van der Waals surface area contributed by atoms with Gasteiger partial charge in [-0.3, -0.25) is 4.99 Å². The molecule has 0 fully saturated rings. The second kappa shape index (κ2) is 11.8. The van der Waals surface area contributed by atoms with Crippen molar-refractivity contribution in [1.29, 1.82) is 0 Å². The Morgan fingerprint density at radius 1 is 1.30 bits per heavy atom. The zero-order valence-electron chi connectivity index (χ0n) is 12.4. The lowest BCUT2D eigenvalue weighted by molar-refractivity contribution is 0.685. The molecule has 2 N–H and O–H groups in total. The summed E-state index contributed by atoms with van der Waals surface area (Å²) in [5.41, 5.74) is 1.38. The summed E-state index contributed by atoms with van der Waals surface area (Å²) in [6.45, 7) is 10.4. The van der Waals surface area contributed by atoms with E-state index in [-0.39, 0.29) is 24.0 Å². The second-order valence-electron chi connectivity index (χ2n) is 4.53. The third kappa shape index (κ3) is 7.53. The van der Waals surface area contributed by atoms with E-state index in [2.05, 4.69) is 66.4 Å². The monoisotopic (exact) mass is 387 g/mol. The molecule has 0 amide bonds. The molecule has 3 nitrogen and oxygen atoms in total. The number of halogens is 1. The molecular weight excluding hydrogens is 361 g/mol. The number of benzene rings is 1. The Morgan fingerprint density at radius 2 is 2.00 bits per heavy atom. The molecular formula is C16H26IN3. The van der Waals surface area contributed by atoms with Crippen molar-refractivity contribution in [2.24, 2.45) is 4.99 Å². The number of hydrogen-bond acceptors (Lipinski definition) is 1. The number of nitrogens with one attached hydrogen (secondary N) is 2. The minimum absolute atomic E-state index is 0. The van der Waals surface area contributed by atoms with Crippen LogP contribution in [0.5, 0.6) is 0 Å². The summed E-state index contributed by atoms with van der Waals surface area (Å²) >= 11 is 0. The van der Waals surface area contributed by atoms with Gasteiger partial charge in [-0.15, -0.1) is 30.6 Å². The topological polar surface area (TPSA) is 36.4 Å². The molecule has 0 bridgehead atoms. The normalized spacial score (nSPS) is 12.2. The predicted octanol–water partition coefficient (Wildman–Crippen LogP) is 3.54. The van der Waals surface area contributed by atoms with Crippen molar-refractivity contribution >= 4 is 29.9 Å². The van der Waals surface area contributed by atoms with E-state index in [0.717, 1.165) is 32.0 Å². The van der Waals surface area contributed by atoms with Crippen molar-refractivity contribution < 1.29 is 0 Å². The van der Waals surface area contributed by atoms with E-state index >= 15 is 0 Å². The maximum atomic E-state index is 4.56. The van der Waals surface area contributed by atoms with Crippen LogP contribution in [0.25, 0.3) is 0 Å². The fourth-order valence-electron chi connectivity index (χ4n) is 1.83. The van der Waals surface area contributed by atoms with E-state index in [4.69, 9.17) is 0 Å². The third-order valence-electron chi connectivity index (χ3n) is 2.96. The number of guanidine groups is 1. The van der Waals surface area contributed by atoms with Crippen LogP contribution in [-0.2, 0) is 0 Å². The lowest BCUT2D eigenvalue weighted by Crippen LogP contribution is -2.37. The predicted molar refractivity (Wildman–Crippen MR) is 99.1 cm³/mol. The van der Waals surface area contributed by atoms with Crippen LogP contribution in [0.2, 0.25) is 0 Å². The summed E-state index contributed by atoms with van der Waals surface area (Å²) in [6.07, 6.45) is 2.88. The SMILES string of the molecule is C=CCNC(=NCCC(C)c1ccccc1)NCC.I. The minimum atomic E-state index is 0. The molecule has 1 unspecified atom stereocenters. The maximum absolute atomic E-state index is 4.56. The molecule has 0 saturated heterocycles. The quantitative estimate of drug-likeness (QED) is 0.325. The first kappa shape index (κ1) is 19.0. The molecule has 0 radical (unpaired) electrons. The van der Waals surface area contributed by atoms with Gasteiger partial charge in [0.25, 0.3) is 0 Å². The Balaban J connectivity index is 0.00000361. The van der Waals surface area contributed by atoms with Gasteiger partial charge in [0.15, 0.2) is 5.96 Å². The van der Waals surface area contributed by atoms with Gasteiger partial charge >= 0.3 is 0 Å². The fourth-order valence-corrected chi connectivity index (χ4v) is 1.83. The Morgan fingerprint density at radius 3 is 2.60 bits per heavy atom. The van der Waals surface area contributed by atoms with Gasteiger partial charge in [-0.1, -0.05) is 43.3 Å². The number of hydrogen-bond donors (Lipinski definition) is 2. The zero-order chi connectivity index (χ0) is 13.9. The summed E-state index contributed by atoms with van der Waals surface area (Å²) in [5.74, 6) is 1.40. The van der Waals surface area contributed by atoms with Crippen LogP contribution in [-0.4, -0.2) is 25.6 Å². The summed E-state index contributed by atoms with van der Waals surface area (Å²) in [7, 11) is 0. The molecule has 1 aromatic rings. The summed E-state index contributed by atoms with van der Waals surface area (Å²) in [5, 5.41) is 6.43. The van der Waals surface area contributed by atoms with E-state index in [0.29, 0.717) is 5.92 Å². The maximum Gasteiger partial charge on any atom is 0.191 e. The van der Waals surface area contributed by atoms with Crippen molar-refractivity contribution in [2.75, 3.05) is 19.6 Å². The van der Waals surface area contributed by atoms with E-state index in [1.807, 2.05) is 6.08 Å². The van der Waals surface area contributed by atoms with Crippen LogP contribution in [0.4, 0.5) is 0 Å². The Bertz CT molecular complexity index is 390. The second-order valence-corrected chi connectivity index (χ2v) is 4.53. The number of aliphatic imine (C=N–C) groups is 1. The molecule has 1 aromatic carbocycles. The minimum Gasteiger partial charge on any atom is -0.357 e. The van der Waals surface area contributed by atoms with Crippen molar-refractivity contribution in [3.8, 4) is 0 Å². The highest BCUT2D eigenvalue weighted by Crippen LogP contribution is 2.17. The van der Waals surface area contributed by atoms with Gasteiger partial charge in [-0.05, 0) is 24.8 Å². The number of rotatable bonds is 7. The van der Waals surface area contributed by atoms with Gasteiger partial charge in [0, 0.05) is 19.6 Å². The molecule has 0 aliphatic carbocycles. The van der Waals surface area contributed by atoms with Gasteiger partial charge < -0.3 is 10.6 Å². The molecule has 0 spiro atoms. The fraction of sp³-hybridized carbons (Fsp3) is 0.438. The average Bonchev–Trinajstić information content (AvgIpc) is 2.45. The molecule has 20 heavy (non-hydrogen) atoms. The van der Waals surface area contributed by atoms with Gasteiger partial charge in [-0.2, -0.15) is 0 Å². The van der Waals surface area contributed by atoms with E-state index in [9.17, 15) is 0 Å². The summed E-state index contributed by atoms with van der Waals surface area (Å²) in [6, 6.07) is 10.6. The molecule has 0 aliphatic rings. The molecule has 0 aromatic heterocycles. The van der Waals surface area contributed by atoms with Crippen molar-refractivity contribution in [1.82, 2.24) is 10.6 Å². The highest BCUT2D eigenvalue weighted by Gasteiger charge is 2.04. The molecule has 112 valence electrons. The standard InChI is InChI=1S/C16H25N3.HI/c1-4-12-18-16(17-5-2)19-13-11-14(3)15-9-7-6-8-10-15;/h4,6-10,14H,1,5,11-13H2,2-3H3,(H2,17,18,19);1H. The first-order valence-electron chi connectivity index (χ1n) is 6.96. The van der Waals surface area contributed by atoms with Gasteiger partial charge in [0.1, 0.15) is 0 Å². The number of nitrogens with zero attached hydrogens (tertiary/aromatic N) is 1. The highest BCUT2D eigenvalue weighted by molar-refractivity contribution is 14.0. The highest BCUT2D eigenvalue weighted by atomic mass is 127. The smallest absolute Gasteiger partial charge is 0.191 e. The van der Waals surface area contributed by atoms with Crippen molar-refractivity contribution in [3.05, 3.63) is 48.6 Å². The molecule has 4 heteroatoms. The average molecular weight is 387 g/mol. The van der Waals surface area contributed by atoms with Crippen LogP contribution in [0.1, 0.15) is 31.7 Å². The summed E-state index contributed by atoms with van der Waals surface area (Å²) < 4.78 is 0. The molecule has 0 aliphatic heterocycles. The molecule has 0 heterocycles. The first-order valence-corrected chi connectivity index (χ1v) is 6.96. The van der Waals surface area contributed by atoms with E-state index in [1.165, 1.54) is 5.56 Å². The van der Waals surface area contributed by atoms with E-state index in [1.54, 1.807) is 0 Å². The van der Waals surface area contributed by atoms with E-state index < -0.39 is 0 Å². The Hall–Kier alpha value is -1.04. The lowest BCUT2D eigenvalue weighted by Gasteiger charge is -2.12. The van der Waals surface area contributed by atoms with Crippen LogP contribution >= 0.6 is 24.0 Å². The van der Waals surface area contributed by atoms with Crippen LogP contribution in [0.3, 0.4) is 0 Å². The molecule has 0 saturated carbocycles. The van der Waals surface area contributed by atoms with Crippen LogP contribution < -0.4 is 10.6 Å². The van der Waals surface area contributed by atoms with Gasteiger partial charge in [0.05, 0.1) is 0 Å². The van der Waals surface area contributed by atoms with Crippen LogP contribution in [0.15, 0.2) is 48.0 Å². The Labute approximate surface area is 140 Å². The third-order valence-corrected chi connectivity index (χ3v) is 2.96. The van der Waals surface area contributed by atoms with Gasteiger partial charge in [0.2, 0.25) is 0 Å².